The lowest BCUT2D eigenvalue weighted by molar-refractivity contribution is 0.0730. The zero-order valence-corrected chi connectivity index (χ0v) is 18.7. The molecule has 0 radical (unpaired) electrons. The topological polar surface area (TPSA) is 109 Å². The lowest BCUT2D eigenvalue weighted by Crippen LogP contribution is -2.40. The minimum absolute atomic E-state index is 0.0176. The van der Waals surface area contributed by atoms with Crippen LogP contribution in [-0.2, 0) is 14.8 Å². The Hall–Kier alpha value is -3.78. The number of benzene rings is 3. The smallest absolute Gasteiger partial charge is 0.255 e. The largest absolute Gasteiger partial charge is 0.455 e. The van der Waals surface area contributed by atoms with Crippen LogP contribution in [-0.4, -0.2) is 44.9 Å². The van der Waals surface area contributed by atoms with Gasteiger partial charge in [-0.3, -0.25) is 4.79 Å². The number of rotatable bonds is 6. The summed E-state index contributed by atoms with van der Waals surface area (Å²) in [6.07, 6.45) is 0. The number of nitriles is 1. The van der Waals surface area contributed by atoms with Crippen LogP contribution in [0.1, 0.15) is 15.9 Å². The highest BCUT2D eigenvalue weighted by atomic mass is 32.2. The minimum atomic E-state index is -3.83. The van der Waals surface area contributed by atoms with Gasteiger partial charge in [-0.05, 0) is 66.7 Å². The summed E-state index contributed by atoms with van der Waals surface area (Å²) in [5.74, 6) is -0.475. The van der Waals surface area contributed by atoms with E-state index in [-0.39, 0.29) is 35.0 Å². The van der Waals surface area contributed by atoms with Crippen molar-refractivity contribution >= 4 is 21.6 Å². The SMILES string of the molecule is N#Cc1ccc(C(=O)Nc2cc(S(=O)(=O)N3CCOCC3)ccc2Oc2ccc(F)cc2)cc1. The molecule has 3 aromatic rings. The quantitative estimate of drug-likeness (QED) is 0.574. The van der Waals surface area contributed by atoms with E-state index in [0.717, 1.165) is 0 Å². The standard InChI is InChI=1S/C24H20FN3O5S/c25-19-5-7-20(8-6-19)33-23-10-9-21(34(30,31)28-11-13-32-14-12-28)15-22(23)27-24(29)18-3-1-17(16-26)2-4-18/h1-10,15H,11-14H2,(H,27,29). The highest BCUT2D eigenvalue weighted by Gasteiger charge is 2.27. The number of morpholine rings is 1. The number of hydrogen-bond acceptors (Lipinski definition) is 6. The average Bonchev–Trinajstić information content (AvgIpc) is 2.87. The summed E-state index contributed by atoms with van der Waals surface area (Å²) in [7, 11) is -3.83. The fraction of sp³-hybridized carbons (Fsp3) is 0.167. The van der Waals surface area contributed by atoms with Crippen LogP contribution < -0.4 is 10.1 Å². The van der Waals surface area contributed by atoms with Crippen molar-refractivity contribution in [3.05, 3.63) is 83.7 Å². The fourth-order valence-electron chi connectivity index (χ4n) is 3.31. The van der Waals surface area contributed by atoms with Crippen LogP contribution in [0.3, 0.4) is 0 Å². The Morgan fingerprint density at radius 3 is 2.35 bits per heavy atom. The zero-order chi connectivity index (χ0) is 24.1. The molecule has 10 heteroatoms. The molecular formula is C24H20FN3O5S. The van der Waals surface area contributed by atoms with Gasteiger partial charge in [0.25, 0.3) is 5.91 Å². The molecule has 1 N–H and O–H groups in total. The molecule has 8 nitrogen and oxygen atoms in total. The van der Waals surface area contributed by atoms with Crippen molar-refractivity contribution in [2.45, 2.75) is 4.90 Å². The molecular weight excluding hydrogens is 461 g/mol. The molecule has 1 aliphatic rings. The Bertz CT molecular complexity index is 1330. The molecule has 0 saturated carbocycles. The normalized spacial score (nSPS) is 14.2. The van der Waals surface area contributed by atoms with Gasteiger partial charge in [-0.1, -0.05) is 0 Å². The highest BCUT2D eigenvalue weighted by Crippen LogP contribution is 2.33. The third-order valence-electron chi connectivity index (χ3n) is 5.12. The third kappa shape index (κ3) is 5.23. The molecule has 1 amide bonds. The first-order valence-electron chi connectivity index (χ1n) is 10.3. The van der Waals surface area contributed by atoms with E-state index in [4.69, 9.17) is 14.7 Å². The Morgan fingerprint density at radius 2 is 1.71 bits per heavy atom. The molecule has 1 fully saturated rings. The number of anilines is 1. The lowest BCUT2D eigenvalue weighted by atomic mass is 10.1. The monoisotopic (exact) mass is 481 g/mol. The number of amides is 1. The van der Waals surface area contributed by atoms with Gasteiger partial charge in [-0.15, -0.1) is 0 Å². The fourth-order valence-corrected chi connectivity index (χ4v) is 4.75. The van der Waals surface area contributed by atoms with Crippen molar-refractivity contribution in [2.75, 3.05) is 31.6 Å². The summed E-state index contributed by atoms with van der Waals surface area (Å²) in [4.78, 5) is 12.8. The summed E-state index contributed by atoms with van der Waals surface area (Å²) >= 11 is 0. The van der Waals surface area contributed by atoms with Gasteiger partial charge in [0, 0.05) is 18.7 Å². The van der Waals surface area contributed by atoms with E-state index in [1.807, 2.05) is 6.07 Å². The second-order valence-electron chi connectivity index (χ2n) is 7.37. The van der Waals surface area contributed by atoms with Gasteiger partial charge < -0.3 is 14.8 Å². The summed E-state index contributed by atoms with van der Waals surface area (Å²) in [6.45, 7) is 1.05. The van der Waals surface area contributed by atoms with Crippen molar-refractivity contribution < 1.29 is 27.1 Å². The van der Waals surface area contributed by atoms with Crippen LogP contribution in [0.2, 0.25) is 0 Å². The Labute approximate surface area is 196 Å². The maximum absolute atomic E-state index is 13.3. The second kappa shape index (κ2) is 10.0. The lowest BCUT2D eigenvalue weighted by Gasteiger charge is -2.26. The molecule has 4 rings (SSSR count). The van der Waals surface area contributed by atoms with E-state index in [9.17, 15) is 17.6 Å². The van der Waals surface area contributed by atoms with Crippen LogP contribution in [0.15, 0.2) is 71.6 Å². The van der Waals surface area contributed by atoms with E-state index in [2.05, 4.69) is 5.32 Å². The molecule has 0 aliphatic carbocycles. The summed E-state index contributed by atoms with van der Waals surface area (Å²) in [6, 6.07) is 17.4. The predicted molar refractivity (Wildman–Crippen MR) is 122 cm³/mol. The molecule has 0 spiro atoms. The first-order chi connectivity index (χ1) is 16.4. The Balaban J connectivity index is 1.68. The van der Waals surface area contributed by atoms with E-state index in [0.29, 0.717) is 24.5 Å². The Kier molecular flexibility index (Phi) is 6.88. The first-order valence-corrected chi connectivity index (χ1v) is 11.8. The number of carbonyl (C=O) groups excluding carboxylic acids is 1. The molecule has 0 atom stereocenters. The van der Waals surface area contributed by atoms with E-state index < -0.39 is 21.7 Å². The summed E-state index contributed by atoms with van der Waals surface area (Å²) in [5.41, 5.74) is 0.789. The van der Waals surface area contributed by atoms with Crippen molar-refractivity contribution in [3.63, 3.8) is 0 Å². The zero-order valence-electron chi connectivity index (χ0n) is 17.9. The van der Waals surface area contributed by atoms with E-state index >= 15 is 0 Å². The summed E-state index contributed by atoms with van der Waals surface area (Å²) < 4.78 is 51.9. The van der Waals surface area contributed by atoms with Gasteiger partial charge in [-0.25, -0.2) is 12.8 Å². The highest BCUT2D eigenvalue weighted by molar-refractivity contribution is 7.89. The molecule has 1 aliphatic heterocycles. The van der Waals surface area contributed by atoms with Gasteiger partial charge in [-0.2, -0.15) is 9.57 Å². The molecule has 3 aromatic carbocycles. The summed E-state index contributed by atoms with van der Waals surface area (Å²) in [5, 5.41) is 11.6. The van der Waals surface area contributed by atoms with Crippen molar-refractivity contribution in [3.8, 4) is 17.6 Å². The van der Waals surface area contributed by atoms with Crippen LogP contribution >= 0.6 is 0 Å². The van der Waals surface area contributed by atoms with Crippen LogP contribution in [0, 0.1) is 17.1 Å². The number of ether oxygens (including phenoxy) is 2. The van der Waals surface area contributed by atoms with E-state index in [1.165, 1.54) is 71.0 Å². The van der Waals surface area contributed by atoms with Gasteiger partial charge in [0.05, 0.1) is 35.4 Å². The first kappa shape index (κ1) is 23.4. The molecule has 1 saturated heterocycles. The van der Waals surface area contributed by atoms with Crippen molar-refractivity contribution in [1.82, 2.24) is 4.31 Å². The molecule has 174 valence electrons. The van der Waals surface area contributed by atoms with Crippen LogP contribution in [0.5, 0.6) is 11.5 Å². The number of nitrogens with one attached hydrogen (secondary N) is 1. The van der Waals surface area contributed by atoms with Gasteiger partial charge in [0.15, 0.2) is 5.75 Å². The number of halogens is 1. The molecule has 1 heterocycles. The molecule has 34 heavy (non-hydrogen) atoms. The van der Waals surface area contributed by atoms with Crippen molar-refractivity contribution in [2.24, 2.45) is 0 Å². The molecule has 0 unspecified atom stereocenters. The Morgan fingerprint density at radius 1 is 1.03 bits per heavy atom. The van der Waals surface area contributed by atoms with Gasteiger partial charge in [0.1, 0.15) is 11.6 Å². The van der Waals surface area contributed by atoms with Gasteiger partial charge >= 0.3 is 0 Å². The minimum Gasteiger partial charge on any atom is -0.455 e. The maximum atomic E-state index is 13.3. The third-order valence-corrected chi connectivity index (χ3v) is 7.02. The predicted octanol–water partition coefficient (Wildman–Crippen LogP) is 3.76. The van der Waals surface area contributed by atoms with Crippen molar-refractivity contribution in [1.29, 1.82) is 5.26 Å². The van der Waals surface area contributed by atoms with Gasteiger partial charge in [0.2, 0.25) is 10.0 Å². The molecule has 0 aromatic heterocycles. The number of hydrogen-bond donors (Lipinski definition) is 1. The molecule has 0 bridgehead atoms. The average molecular weight is 482 g/mol. The number of sulfonamides is 1. The number of nitrogens with zero attached hydrogens (tertiary/aromatic N) is 2. The second-order valence-corrected chi connectivity index (χ2v) is 9.31. The van der Waals surface area contributed by atoms with E-state index in [1.54, 1.807) is 0 Å². The maximum Gasteiger partial charge on any atom is 0.255 e. The van der Waals surface area contributed by atoms with Crippen LogP contribution in [0.25, 0.3) is 0 Å². The van der Waals surface area contributed by atoms with Crippen LogP contribution in [0.4, 0.5) is 10.1 Å². The number of carbonyl (C=O) groups is 1.